The highest BCUT2D eigenvalue weighted by molar-refractivity contribution is 4.92. The van der Waals surface area contributed by atoms with Crippen molar-refractivity contribution < 1.29 is 4.74 Å². The lowest BCUT2D eigenvalue weighted by molar-refractivity contribution is -0.0790. The third-order valence-electron chi connectivity index (χ3n) is 4.34. The second-order valence-corrected chi connectivity index (χ2v) is 6.12. The van der Waals surface area contributed by atoms with Gasteiger partial charge in [-0.05, 0) is 46.1 Å². The fourth-order valence-electron chi connectivity index (χ4n) is 3.43. The van der Waals surface area contributed by atoms with Crippen molar-refractivity contribution in [3.63, 3.8) is 0 Å². The summed E-state index contributed by atoms with van der Waals surface area (Å²) < 4.78 is 5.61. The molecule has 0 aromatic heterocycles. The fourth-order valence-corrected chi connectivity index (χ4v) is 3.43. The van der Waals surface area contributed by atoms with Gasteiger partial charge in [-0.25, -0.2) is 0 Å². The summed E-state index contributed by atoms with van der Waals surface area (Å²) in [4.78, 5) is 2.69. The smallest absolute Gasteiger partial charge is 0.0645 e. The molecule has 1 aliphatic carbocycles. The van der Waals surface area contributed by atoms with Crippen LogP contribution in [0.5, 0.6) is 0 Å². The van der Waals surface area contributed by atoms with Crippen LogP contribution in [0.2, 0.25) is 0 Å². The van der Waals surface area contributed by atoms with E-state index in [9.17, 15) is 0 Å². The van der Waals surface area contributed by atoms with Crippen molar-refractivity contribution in [1.82, 2.24) is 10.2 Å². The highest BCUT2D eigenvalue weighted by atomic mass is 16.5. The first-order valence-electron chi connectivity index (χ1n) is 7.21. The third-order valence-corrected chi connectivity index (χ3v) is 4.34. The molecule has 2 fully saturated rings. The molecule has 100 valence electrons. The molecule has 3 nitrogen and oxygen atoms in total. The van der Waals surface area contributed by atoms with E-state index >= 15 is 0 Å². The maximum absolute atomic E-state index is 5.61. The predicted octanol–water partition coefficient (Wildman–Crippen LogP) is 2.02. The molecule has 0 atom stereocenters. The number of nitrogens with zero attached hydrogens (tertiary/aromatic N) is 1. The first-order valence-corrected chi connectivity index (χ1v) is 7.21. The largest absolute Gasteiger partial charge is 0.378 e. The molecule has 2 rings (SSSR count). The zero-order chi connectivity index (χ0) is 12.3. The number of morpholine rings is 1. The Balaban J connectivity index is 1.87. The van der Waals surface area contributed by atoms with Gasteiger partial charge in [-0.3, -0.25) is 4.90 Å². The quantitative estimate of drug-likeness (QED) is 0.817. The second-order valence-electron chi connectivity index (χ2n) is 6.12. The standard InChI is InChI=1S/C14H28N2O/c1-4-15-12-5-7-13(8-6-12)16-9-10-17-11-14(16,2)3/h12-13,15H,4-11H2,1-3H3. The molecule has 1 aliphatic heterocycles. The van der Waals surface area contributed by atoms with E-state index < -0.39 is 0 Å². The van der Waals surface area contributed by atoms with Crippen LogP contribution in [0, 0.1) is 0 Å². The van der Waals surface area contributed by atoms with Gasteiger partial charge in [0, 0.05) is 24.2 Å². The molecule has 3 heteroatoms. The number of ether oxygens (including phenoxy) is 1. The summed E-state index contributed by atoms with van der Waals surface area (Å²) in [7, 11) is 0. The molecule has 0 bridgehead atoms. The average Bonchev–Trinajstić information content (AvgIpc) is 2.30. The number of hydrogen-bond donors (Lipinski definition) is 1. The molecule has 1 saturated heterocycles. The Morgan fingerprint density at radius 1 is 1.24 bits per heavy atom. The minimum atomic E-state index is 0.230. The van der Waals surface area contributed by atoms with Gasteiger partial charge in [-0.1, -0.05) is 6.92 Å². The van der Waals surface area contributed by atoms with Crippen LogP contribution in [0.25, 0.3) is 0 Å². The Morgan fingerprint density at radius 2 is 1.94 bits per heavy atom. The van der Waals surface area contributed by atoms with E-state index in [1.165, 1.54) is 25.7 Å². The highest BCUT2D eigenvalue weighted by Gasteiger charge is 2.36. The molecule has 0 spiro atoms. The molecule has 0 unspecified atom stereocenters. The van der Waals surface area contributed by atoms with Gasteiger partial charge >= 0.3 is 0 Å². The molecule has 1 N–H and O–H groups in total. The Kier molecular flexibility index (Phi) is 4.45. The van der Waals surface area contributed by atoms with Gasteiger partial charge in [0.1, 0.15) is 0 Å². The maximum atomic E-state index is 5.61. The predicted molar refractivity (Wildman–Crippen MR) is 71.3 cm³/mol. The molecule has 0 amide bonds. The van der Waals surface area contributed by atoms with Crippen LogP contribution < -0.4 is 5.32 Å². The highest BCUT2D eigenvalue weighted by Crippen LogP contribution is 2.30. The molecule has 1 saturated carbocycles. The van der Waals surface area contributed by atoms with Gasteiger partial charge in [-0.2, -0.15) is 0 Å². The lowest BCUT2D eigenvalue weighted by Gasteiger charge is -2.48. The summed E-state index contributed by atoms with van der Waals surface area (Å²) in [5.74, 6) is 0. The molecule has 0 aromatic carbocycles. The van der Waals surface area contributed by atoms with Crippen LogP contribution in [0.3, 0.4) is 0 Å². The molecule has 2 aliphatic rings. The van der Waals surface area contributed by atoms with Crippen LogP contribution in [-0.4, -0.2) is 48.8 Å². The number of rotatable bonds is 3. The monoisotopic (exact) mass is 240 g/mol. The summed E-state index contributed by atoms with van der Waals surface area (Å²) in [6, 6.07) is 1.55. The van der Waals surface area contributed by atoms with Gasteiger partial charge in [-0.15, -0.1) is 0 Å². The van der Waals surface area contributed by atoms with E-state index in [0.717, 1.165) is 38.4 Å². The van der Waals surface area contributed by atoms with Gasteiger partial charge in [0.05, 0.1) is 13.2 Å². The van der Waals surface area contributed by atoms with Crippen molar-refractivity contribution in [2.75, 3.05) is 26.3 Å². The van der Waals surface area contributed by atoms with Crippen LogP contribution in [0.4, 0.5) is 0 Å². The molecule has 1 heterocycles. The van der Waals surface area contributed by atoms with Crippen molar-refractivity contribution in [1.29, 1.82) is 0 Å². The van der Waals surface area contributed by atoms with E-state index in [1.807, 2.05) is 0 Å². The molecular formula is C14H28N2O. The zero-order valence-corrected chi connectivity index (χ0v) is 11.7. The lowest BCUT2D eigenvalue weighted by atomic mass is 9.87. The van der Waals surface area contributed by atoms with Crippen LogP contribution in [-0.2, 0) is 4.74 Å². The first kappa shape index (κ1) is 13.3. The van der Waals surface area contributed by atoms with E-state index in [1.54, 1.807) is 0 Å². The van der Waals surface area contributed by atoms with Crippen molar-refractivity contribution >= 4 is 0 Å². The lowest BCUT2D eigenvalue weighted by Crippen LogP contribution is -2.58. The zero-order valence-electron chi connectivity index (χ0n) is 11.7. The van der Waals surface area contributed by atoms with Crippen molar-refractivity contribution in [2.24, 2.45) is 0 Å². The van der Waals surface area contributed by atoms with Crippen LogP contribution in [0.15, 0.2) is 0 Å². The Bertz CT molecular complexity index is 234. The molecule has 0 radical (unpaired) electrons. The Hall–Kier alpha value is -0.120. The van der Waals surface area contributed by atoms with E-state index in [-0.39, 0.29) is 5.54 Å². The van der Waals surface area contributed by atoms with E-state index in [4.69, 9.17) is 4.74 Å². The summed E-state index contributed by atoms with van der Waals surface area (Å²) in [6.45, 7) is 10.9. The van der Waals surface area contributed by atoms with Crippen molar-refractivity contribution in [2.45, 2.75) is 64.1 Å². The van der Waals surface area contributed by atoms with Crippen molar-refractivity contribution in [3.05, 3.63) is 0 Å². The average molecular weight is 240 g/mol. The first-order chi connectivity index (χ1) is 8.13. The Labute approximate surface area is 106 Å². The molecular weight excluding hydrogens is 212 g/mol. The summed E-state index contributed by atoms with van der Waals surface area (Å²) >= 11 is 0. The SMILES string of the molecule is CCNC1CCC(N2CCOCC2(C)C)CC1. The topological polar surface area (TPSA) is 24.5 Å². The van der Waals surface area contributed by atoms with Crippen LogP contribution in [0.1, 0.15) is 46.5 Å². The Morgan fingerprint density at radius 3 is 2.53 bits per heavy atom. The summed E-state index contributed by atoms with van der Waals surface area (Å²) in [5.41, 5.74) is 0.230. The minimum absolute atomic E-state index is 0.230. The fraction of sp³-hybridized carbons (Fsp3) is 1.00. The van der Waals surface area contributed by atoms with Crippen LogP contribution >= 0.6 is 0 Å². The van der Waals surface area contributed by atoms with E-state index in [0.29, 0.717) is 0 Å². The third kappa shape index (κ3) is 3.21. The molecule has 17 heavy (non-hydrogen) atoms. The summed E-state index contributed by atoms with van der Waals surface area (Å²) in [6.07, 6.45) is 5.38. The van der Waals surface area contributed by atoms with E-state index in [2.05, 4.69) is 31.0 Å². The minimum Gasteiger partial charge on any atom is -0.378 e. The van der Waals surface area contributed by atoms with Crippen molar-refractivity contribution in [3.8, 4) is 0 Å². The number of hydrogen-bond acceptors (Lipinski definition) is 3. The summed E-state index contributed by atoms with van der Waals surface area (Å²) in [5, 5.41) is 3.59. The second kappa shape index (κ2) is 5.68. The normalized spacial score (nSPS) is 34.8. The van der Waals surface area contributed by atoms with Gasteiger partial charge < -0.3 is 10.1 Å². The van der Waals surface area contributed by atoms with Gasteiger partial charge in [0.15, 0.2) is 0 Å². The maximum Gasteiger partial charge on any atom is 0.0645 e. The van der Waals surface area contributed by atoms with Gasteiger partial charge in [0.2, 0.25) is 0 Å². The van der Waals surface area contributed by atoms with Gasteiger partial charge in [0.25, 0.3) is 0 Å². The molecule has 0 aromatic rings. The number of nitrogens with one attached hydrogen (secondary N) is 1.